The Kier molecular flexibility index (Phi) is 7.51. The van der Waals surface area contributed by atoms with E-state index in [1.165, 1.54) is 50.4 Å². The van der Waals surface area contributed by atoms with Gasteiger partial charge in [0.05, 0.1) is 6.04 Å². The van der Waals surface area contributed by atoms with Crippen molar-refractivity contribution in [1.82, 2.24) is 10.2 Å². The molecule has 2 nitrogen and oxygen atoms in total. The zero-order chi connectivity index (χ0) is 26.6. The Hall–Kier alpha value is -4.04. The van der Waals surface area contributed by atoms with Gasteiger partial charge in [0.25, 0.3) is 0 Å². The van der Waals surface area contributed by atoms with Crippen LogP contribution >= 0.6 is 0 Å². The van der Waals surface area contributed by atoms with E-state index in [-0.39, 0.29) is 12.1 Å². The van der Waals surface area contributed by atoms with Crippen LogP contribution in [0.2, 0.25) is 0 Å². The molecule has 5 rings (SSSR count). The predicted molar refractivity (Wildman–Crippen MR) is 163 cm³/mol. The Morgan fingerprint density at radius 3 is 2.11 bits per heavy atom. The molecular formula is C36H38N2. The fourth-order valence-corrected chi connectivity index (χ4v) is 5.60. The lowest BCUT2D eigenvalue weighted by Gasteiger charge is -2.39. The Labute approximate surface area is 228 Å². The smallest absolute Gasteiger partial charge is 0.0704 e. The molecule has 1 N–H and O–H groups in total. The number of hydrogen-bond acceptors (Lipinski definition) is 2. The van der Waals surface area contributed by atoms with Crippen molar-refractivity contribution in [2.75, 3.05) is 0 Å². The molecule has 3 aromatic rings. The molecule has 2 heterocycles. The molecule has 2 aliphatic rings. The van der Waals surface area contributed by atoms with Gasteiger partial charge in [0.2, 0.25) is 0 Å². The molecular weight excluding hydrogens is 460 g/mol. The van der Waals surface area contributed by atoms with Crippen LogP contribution in [0.1, 0.15) is 62.9 Å². The van der Waals surface area contributed by atoms with Gasteiger partial charge in [0.1, 0.15) is 0 Å². The summed E-state index contributed by atoms with van der Waals surface area (Å²) in [4.78, 5) is 2.52. The van der Waals surface area contributed by atoms with E-state index in [1.54, 1.807) is 0 Å². The van der Waals surface area contributed by atoms with Crippen LogP contribution in [0.5, 0.6) is 0 Å². The van der Waals surface area contributed by atoms with Crippen molar-refractivity contribution in [1.29, 1.82) is 0 Å². The summed E-state index contributed by atoms with van der Waals surface area (Å²) in [7, 11) is 0. The monoisotopic (exact) mass is 498 g/mol. The third kappa shape index (κ3) is 5.31. The highest BCUT2D eigenvalue weighted by molar-refractivity contribution is 5.80. The molecule has 0 bridgehead atoms. The van der Waals surface area contributed by atoms with Gasteiger partial charge in [-0.05, 0) is 66.7 Å². The van der Waals surface area contributed by atoms with Crippen LogP contribution < -0.4 is 5.32 Å². The fourth-order valence-electron chi connectivity index (χ4n) is 5.60. The topological polar surface area (TPSA) is 15.3 Å². The summed E-state index contributed by atoms with van der Waals surface area (Å²) in [6.45, 7) is 11.3. The van der Waals surface area contributed by atoms with Crippen LogP contribution in [0.25, 0.3) is 17.3 Å². The maximum atomic E-state index is 3.68. The first-order chi connectivity index (χ1) is 18.4. The molecule has 0 amide bonds. The molecule has 3 aromatic carbocycles. The van der Waals surface area contributed by atoms with E-state index in [2.05, 4.69) is 160 Å². The van der Waals surface area contributed by atoms with Gasteiger partial charge in [-0.3, -0.25) is 0 Å². The first-order valence-electron chi connectivity index (χ1n) is 13.7. The van der Waals surface area contributed by atoms with Gasteiger partial charge in [-0.25, -0.2) is 0 Å². The molecule has 0 saturated carbocycles. The average Bonchev–Trinajstić information content (AvgIpc) is 2.93. The van der Waals surface area contributed by atoms with Gasteiger partial charge in [-0.2, -0.15) is 0 Å². The molecule has 0 aliphatic carbocycles. The largest absolute Gasteiger partial charge is 0.380 e. The zero-order valence-electron chi connectivity index (χ0n) is 23.1. The second-order valence-electron chi connectivity index (χ2n) is 10.7. The van der Waals surface area contributed by atoms with Gasteiger partial charge in [-0.15, -0.1) is 0 Å². The van der Waals surface area contributed by atoms with Crippen molar-refractivity contribution in [3.05, 3.63) is 148 Å². The Balaban J connectivity index is 1.53. The minimum atomic E-state index is 0.119. The minimum absolute atomic E-state index is 0.119. The number of allylic oxidation sites excluding steroid dienone is 5. The molecule has 2 atom stereocenters. The highest BCUT2D eigenvalue weighted by Crippen LogP contribution is 2.37. The van der Waals surface area contributed by atoms with Crippen molar-refractivity contribution in [2.45, 2.75) is 46.7 Å². The van der Waals surface area contributed by atoms with E-state index in [0.717, 1.165) is 0 Å². The second-order valence-corrected chi connectivity index (χ2v) is 10.7. The highest BCUT2D eigenvalue weighted by Gasteiger charge is 2.26. The number of rotatable bonds is 6. The normalized spacial score (nSPS) is 19.8. The van der Waals surface area contributed by atoms with E-state index in [1.807, 2.05) is 0 Å². The number of hydrogen-bond donors (Lipinski definition) is 1. The molecule has 192 valence electrons. The second kappa shape index (κ2) is 11.1. The first kappa shape index (κ1) is 25.6. The Morgan fingerprint density at radius 2 is 1.45 bits per heavy atom. The number of benzene rings is 3. The van der Waals surface area contributed by atoms with Crippen LogP contribution in [-0.4, -0.2) is 10.9 Å². The standard InChI is InChI=1S/C36H38N2/c1-25(2)35(38-28(5)20-26(3)21-36(38)30-16-10-7-11-17-30)23-31-18-12-13-19-32(31)34-22-27(4)33(24-37-34)29-14-8-6-9-15-29/h6-25,28,34,37H,1-5H3/b35-23+. The van der Waals surface area contributed by atoms with Crippen molar-refractivity contribution in [3.8, 4) is 0 Å². The lowest BCUT2D eigenvalue weighted by molar-refractivity contribution is 0.392. The molecule has 2 aliphatic heterocycles. The molecule has 2 heteroatoms. The number of nitrogens with one attached hydrogen (secondary N) is 1. The summed E-state index contributed by atoms with van der Waals surface area (Å²) in [6.07, 6.45) is 11.6. The summed E-state index contributed by atoms with van der Waals surface area (Å²) < 4.78 is 0. The molecule has 0 fully saturated rings. The van der Waals surface area contributed by atoms with Gasteiger partial charge < -0.3 is 10.2 Å². The summed E-state index contributed by atoms with van der Waals surface area (Å²) >= 11 is 0. The van der Waals surface area contributed by atoms with Crippen LogP contribution in [0.3, 0.4) is 0 Å². The van der Waals surface area contributed by atoms with Crippen LogP contribution in [0, 0.1) is 5.92 Å². The summed E-state index contributed by atoms with van der Waals surface area (Å²) in [5.74, 6) is 0.352. The molecule has 0 spiro atoms. The van der Waals surface area contributed by atoms with Gasteiger partial charge >= 0.3 is 0 Å². The van der Waals surface area contributed by atoms with Crippen molar-refractivity contribution in [2.24, 2.45) is 5.92 Å². The molecule has 0 aromatic heterocycles. The van der Waals surface area contributed by atoms with Crippen molar-refractivity contribution in [3.63, 3.8) is 0 Å². The van der Waals surface area contributed by atoms with E-state index in [0.29, 0.717) is 5.92 Å². The Morgan fingerprint density at radius 1 is 0.816 bits per heavy atom. The third-order valence-electron chi connectivity index (χ3n) is 7.44. The lowest BCUT2D eigenvalue weighted by Crippen LogP contribution is -2.34. The van der Waals surface area contributed by atoms with Crippen LogP contribution in [0.15, 0.2) is 126 Å². The highest BCUT2D eigenvalue weighted by atomic mass is 15.2. The van der Waals surface area contributed by atoms with E-state index >= 15 is 0 Å². The van der Waals surface area contributed by atoms with Crippen LogP contribution in [-0.2, 0) is 0 Å². The summed E-state index contributed by atoms with van der Waals surface area (Å²) in [5, 5.41) is 3.68. The van der Waals surface area contributed by atoms with Gasteiger partial charge in [-0.1, -0.05) is 117 Å². The first-order valence-corrected chi connectivity index (χ1v) is 13.7. The minimum Gasteiger partial charge on any atom is -0.380 e. The number of nitrogens with zero attached hydrogens (tertiary/aromatic N) is 1. The third-order valence-corrected chi connectivity index (χ3v) is 7.44. The Bertz CT molecular complexity index is 1430. The SMILES string of the molecule is CC1=CC(C)N(/C(=C/c2ccccc2C2C=C(C)C(c3ccccc3)=CN2)C(C)C)C(c2ccccc2)=C1. The average molecular weight is 499 g/mol. The maximum absolute atomic E-state index is 3.68. The predicted octanol–water partition coefficient (Wildman–Crippen LogP) is 9.01. The molecule has 0 saturated heterocycles. The maximum Gasteiger partial charge on any atom is 0.0704 e. The van der Waals surface area contributed by atoms with Gasteiger partial charge in [0, 0.05) is 29.2 Å². The molecule has 0 radical (unpaired) electrons. The lowest BCUT2D eigenvalue weighted by atomic mass is 9.90. The number of dihydropyridines is 1. The van der Waals surface area contributed by atoms with E-state index in [9.17, 15) is 0 Å². The summed E-state index contributed by atoms with van der Waals surface area (Å²) in [5.41, 5.74) is 11.5. The van der Waals surface area contributed by atoms with E-state index in [4.69, 9.17) is 0 Å². The zero-order valence-corrected chi connectivity index (χ0v) is 23.1. The molecule has 2 unspecified atom stereocenters. The van der Waals surface area contributed by atoms with Gasteiger partial charge in [0.15, 0.2) is 0 Å². The quantitative estimate of drug-likeness (QED) is 0.365. The van der Waals surface area contributed by atoms with E-state index < -0.39 is 0 Å². The molecule has 38 heavy (non-hydrogen) atoms. The van der Waals surface area contributed by atoms with Crippen LogP contribution in [0.4, 0.5) is 0 Å². The fraction of sp³-hybridized carbons (Fsp3) is 0.222. The van der Waals surface area contributed by atoms with Crippen molar-refractivity contribution >= 4 is 17.3 Å². The summed E-state index contributed by atoms with van der Waals surface area (Å²) in [6, 6.07) is 30.6. The van der Waals surface area contributed by atoms with Crippen molar-refractivity contribution < 1.29 is 0 Å².